The number of amides is 2. The van der Waals surface area contributed by atoms with Crippen LogP contribution >= 0.6 is 11.8 Å². The van der Waals surface area contributed by atoms with E-state index < -0.39 is 0 Å². The summed E-state index contributed by atoms with van der Waals surface area (Å²) in [4.78, 5) is 25.7. The number of fused-ring (bicyclic) bond motifs is 1. The first-order valence-electron chi connectivity index (χ1n) is 5.19. The van der Waals surface area contributed by atoms with E-state index >= 15 is 0 Å². The predicted octanol–water partition coefficient (Wildman–Crippen LogP) is 2.45. The second-order valence-corrected chi connectivity index (χ2v) is 5.33. The number of rotatable bonds is 0. The van der Waals surface area contributed by atoms with E-state index in [0.717, 1.165) is 4.90 Å². The summed E-state index contributed by atoms with van der Waals surface area (Å²) >= 11 is 1.64. The van der Waals surface area contributed by atoms with Crippen molar-refractivity contribution in [1.82, 2.24) is 0 Å². The van der Waals surface area contributed by atoms with Gasteiger partial charge in [0.15, 0.2) is 0 Å². The van der Waals surface area contributed by atoms with Gasteiger partial charge in [-0.1, -0.05) is 19.1 Å². The summed E-state index contributed by atoms with van der Waals surface area (Å²) in [6.07, 6.45) is 0.402. The van der Waals surface area contributed by atoms with Crippen LogP contribution in [0, 0.1) is 0 Å². The van der Waals surface area contributed by atoms with E-state index in [0.29, 0.717) is 12.1 Å². The van der Waals surface area contributed by atoms with Gasteiger partial charge in [0.05, 0.1) is 5.69 Å². The number of para-hydroxylation sites is 1. The molecule has 2 rings (SSSR count). The number of hydrogen-bond donors (Lipinski definition) is 0. The maximum absolute atomic E-state index is 11.9. The van der Waals surface area contributed by atoms with Gasteiger partial charge >= 0.3 is 0 Å². The zero-order chi connectivity index (χ0) is 11.7. The Morgan fingerprint density at radius 2 is 2.12 bits per heavy atom. The van der Waals surface area contributed by atoms with Crippen LogP contribution in [0.25, 0.3) is 0 Å². The zero-order valence-electron chi connectivity index (χ0n) is 9.27. The molecule has 1 atom stereocenters. The van der Waals surface area contributed by atoms with E-state index in [1.165, 1.54) is 11.8 Å². The summed E-state index contributed by atoms with van der Waals surface area (Å²) in [6.45, 7) is 3.43. The van der Waals surface area contributed by atoms with E-state index in [4.69, 9.17) is 0 Å². The molecule has 2 amide bonds. The van der Waals surface area contributed by atoms with E-state index in [9.17, 15) is 9.59 Å². The Morgan fingerprint density at radius 3 is 2.81 bits per heavy atom. The van der Waals surface area contributed by atoms with Crippen molar-refractivity contribution in [3.8, 4) is 0 Å². The molecular weight excluding hydrogens is 222 g/mol. The number of anilines is 1. The second kappa shape index (κ2) is 4.29. The van der Waals surface area contributed by atoms with Gasteiger partial charge in [-0.05, 0) is 12.1 Å². The van der Waals surface area contributed by atoms with Gasteiger partial charge < -0.3 is 0 Å². The first-order chi connectivity index (χ1) is 7.59. The lowest BCUT2D eigenvalue weighted by Crippen LogP contribution is -2.35. The highest BCUT2D eigenvalue weighted by molar-refractivity contribution is 8.00. The van der Waals surface area contributed by atoms with Crippen molar-refractivity contribution in [3.63, 3.8) is 0 Å². The Labute approximate surface area is 98.8 Å². The van der Waals surface area contributed by atoms with Crippen LogP contribution in [0.15, 0.2) is 29.2 Å². The summed E-state index contributed by atoms with van der Waals surface area (Å²) in [7, 11) is 0. The lowest BCUT2D eigenvalue weighted by atomic mass is 10.2. The molecule has 0 saturated carbocycles. The lowest BCUT2D eigenvalue weighted by molar-refractivity contribution is -0.125. The molecule has 0 aliphatic carbocycles. The van der Waals surface area contributed by atoms with Crippen LogP contribution in [0.4, 0.5) is 5.69 Å². The van der Waals surface area contributed by atoms with Gasteiger partial charge in [-0.3, -0.25) is 9.59 Å². The van der Waals surface area contributed by atoms with Crippen LogP contribution in [-0.2, 0) is 9.59 Å². The molecule has 0 aromatic heterocycles. The molecule has 0 saturated heterocycles. The molecule has 84 valence electrons. The molecule has 1 aromatic carbocycles. The van der Waals surface area contributed by atoms with Gasteiger partial charge in [-0.15, -0.1) is 11.8 Å². The predicted molar refractivity (Wildman–Crippen MR) is 64.5 cm³/mol. The SMILES string of the molecule is CC(=O)N1C(=O)CC(C)Sc2ccccc21. The normalized spacial score (nSPS) is 20.2. The van der Waals surface area contributed by atoms with Gasteiger partial charge in [0.25, 0.3) is 0 Å². The molecule has 0 radical (unpaired) electrons. The largest absolute Gasteiger partial charge is 0.274 e. The first kappa shape index (κ1) is 11.2. The minimum Gasteiger partial charge on any atom is -0.274 e. The summed E-state index contributed by atoms with van der Waals surface area (Å²) < 4.78 is 0. The Morgan fingerprint density at radius 1 is 1.44 bits per heavy atom. The zero-order valence-corrected chi connectivity index (χ0v) is 10.1. The molecule has 1 heterocycles. The first-order valence-corrected chi connectivity index (χ1v) is 6.07. The van der Waals surface area contributed by atoms with Crippen molar-refractivity contribution in [1.29, 1.82) is 0 Å². The molecular formula is C12H13NO2S. The third kappa shape index (κ3) is 1.97. The molecule has 3 nitrogen and oxygen atoms in total. The second-order valence-electron chi connectivity index (χ2n) is 3.85. The maximum atomic E-state index is 11.9. The van der Waals surface area contributed by atoms with Crippen molar-refractivity contribution >= 4 is 29.3 Å². The van der Waals surface area contributed by atoms with E-state index in [1.807, 2.05) is 31.2 Å². The van der Waals surface area contributed by atoms with Crippen LogP contribution in [0.1, 0.15) is 20.3 Å². The van der Waals surface area contributed by atoms with Crippen molar-refractivity contribution < 1.29 is 9.59 Å². The Hall–Kier alpha value is -1.29. The molecule has 1 unspecified atom stereocenters. The average Bonchev–Trinajstić information content (AvgIpc) is 2.31. The molecule has 16 heavy (non-hydrogen) atoms. The van der Waals surface area contributed by atoms with E-state index in [-0.39, 0.29) is 17.1 Å². The van der Waals surface area contributed by atoms with Crippen molar-refractivity contribution in [3.05, 3.63) is 24.3 Å². The van der Waals surface area contributed by atoms with Crippen molar-refractivity contribution in [2.24, 2.45) is 0 Å². The number of hydrogen-bond acceptors (Lipinski definition) is 3. The maximum Gasteiger partial charge on any atom is 0.234 e. The summed E-state index contributed by atoms with van der Waals surface area (Å²) in [6, 6.07) is 7.54. The highest BCUT2D eigenvalue weighted by Gasteiger charge is 2.28. The minimum absolute atomic E-state index is 0.113. The smallest absolute Gasteiger partial charge is 0.234 e. The summed E-state index contributed by atoms with van der Waals surface area (Å²) in [5.41, 5.74) is 0.717. The number of thioether (sulfide) groups is 1. The Kier molecular flexibility index (Phi) is 3.01. The van der Waals surface area contributed by atoms with Crippen LogP contribution in [0.5, 0.6) is 0 Å². The number of benzene rings is 1. The van der Waals surface area contributed by atoms with E-state index in [1.54, 1.807) is 11.8 Å². The van der Waals surface area contributed by atoms with Crippen LogP contribution in [-0.4, -0.2) is 17.1 Å². The Balaban J connectivity index is 2.53. The molecule has 0 spiro atoms. The third-order valence-electron chi connectivity index (χ3n) is 2.46. The fourth-order valence-electron chi connectivity index (χ4n) is 1.82. The van der Waals surface area contributed by atoms with Gasteiger partial charge in [0.2, 0.25) is 11.8 Å². The molecule has 4 heteroatoms. The van der Waals surface area contributed by atoms with Crippen LogP contribution < -0.4 is 4.90 Å². The molecule has 1 aliphatic heterocycles. The number of carbonyl (C=O) groups excluding carboxylic acids is 2. The van der Waals surface area contributed by atoms with Crippen molar-refractivity contribution in [2.45, 2.75) is 30.4 Å². The van der Waals surface area contributed by atoms with Gasteiger partial charge in [0.1, 0.15) is 0 Å². The number of imide groups is 1. The third-order valence-corrected chi connectivity index (χ3v) is 3.63. The molecule has 0 N–H and O–H groups in total. The minimum atomic E-state index is -0.216. The quantitative estimate of drug-likeness (QED) is 0.693. The lowest BCUT2D eigenvalue weighted by Gasteiger charge is -2.18. The topological polar surface area (TPSA) is 37.4 Å². The molecule has 0 fully saturated rings. The highest BCUT2D eigenvalue weighted by atomic mass is 32.2. The fourth-order valence-corrected chi connectivity index (χ4v) is 2.91. The molecule has 1 aliphatic rings. The summed E-state index contributed by atoms with van der Waals surface area (Å²) in [5, 5.41) is 0.206. The van der Waals surface area contributed by atoms with Crippen LogP contribution in [0.2, 0.25) is 0 Å². The summed E-state index contributed by atoms with van der Waals surface area (Å²) in [5.74, 6) is -0.329. The average molecular weight is 235 g/mol. The standard InChI is InChI=1S/C12H13NO2S/c1-8-7-12(15)13(9(2)14)10-5-3-4-6-11(10)16-8/h3-6,8H,7H2,1-2H3. The Bertz CT molecular complexity index is 444. The van der Waals surface area contributed by atoms with E-state index in [2.05, 4.69) is 0 Å². The highest BCUT2D eigenvalue weighted by Crippen LogP contribution is 2.37. The van der Waals surface area contributed by atoms with Gasteiger partial charge in [-0.25, -0.2) is 4.90 Å². The molecule has 1 aromatic rings. The van der Waals surface area contributed by atoms with Gasteiger partial charge in [0, 0.05) is 23.5 Å². The monoisotopic (exact) mass is 235 g/mol. The van der Waals surface area contributed by atoms with Crippen LogP contribution in [0.3, 0.4) is 0 Å². The van der Waals surface area contributed by atoms with Gasteiger partial charge in [-0.2, -0.15) is 0 Å². The fraction of sp³-hybridized carbons (Fsp3) is 0.333. The number of carbonyl (C=O) groups is 2. The van der Waals surface area contributed by atoms with Crippen molar-refractivity contribution in [2.75, 3.05) is 4.90 Å². The number of nitrogens with zero attached hydrogens (tertiary/aromatic N) is 1. The molecule has 0 bridgehead atoms.